The Morgan fingerprint density at radius 2 is 1.87 bits per heavy atom. The molecule has 2 atom stereocenters. The highest BCUT2D eigenvalue weighted by Crippen LogP contribution is 2.10. The Bertz CT molecular complexity index is 234. The molecule has 0 amide bonds. The third-order valence-corrected chi connectivity index (χ3v) is 1.53. The summed E-state index contributed by atoms with van der Waals surface area (Å²) in [6, 6.07) is 0. The molecule has 0 aliphatic rings. The van der Waals surface area contributed by atoms with Crippen molar-refractivity contribution in [2.45, 2.75) is 20.0 Å². The van der Waals surface area contributed by atoms with Crippen LogP contribution in [-0.4, -0.2) is 31.3 Å². The van der Waals surface area contributed by atoms with Crippen LogP contribution in [0.2, 0.25) is 0 Å². The van der Waals surface area contributed by atoms with Gasteiger partial charge in [-0.1, -0.05) is 0 Å². The molecule has 0 radical (unpaired) electrons. The van der Waals surface area contributed by atoms with Crippen molar-refractivity contribution < 1.29 is 33.0 Å². The smallest absolute Gasteiger partial charge is 0.488 e. The lowest BCUT2D eigenvalue weighted by Crippen LogP contribution is -2.28. The summed E-state index contributed by atoms with van der Waals surface area (Å²) < 4.78 is 23.5. The van der Waals surface area contributed by atoms with Gasteiger partial charge in [0.1, 0.15) is 13.2 Å². The molecular formula is C7H11O7P. The van der Waals surface area contributed by atoms with E-state index >= 15 is 0 Å². The molecule has 0 bridgehead atoms. The van der Waals surface area contributed by atoms with Crippen molar-refractivity contribution in [3.8, 4) is 0 Å². The third-order valence-electron chi connectivity index (χ3n) is 1.17. The fourth-order valence-electron chi connectivity index (χ4n) is 0.705. The van der Waals surface area contributed by atoms with Crippen molar-refractivity contribution in [1.82, 2.24) is 0 Å². The van der Waals surface area contributed by atoms with Gasteiger partial charge < -0.3 is 14.4 Å². The zero-order valence-electron chi connectivity index (χ0n) is 8.30. The van der Waals surface area contributed by atoms with Crippen molar-refractivity contribution >= 4 is 20.2 Å². The predicted octanol–water partition coefficient (Wildman–Crippen LogP) is -0.485. The van der Waals surface area contributed by atoms with E-state index in [-0.39, 0.29) is 13.2 Å². The van der Waals surface area contributed by atoms with Crippen LogP contribution in [0.3, 0.4) is 0 Å². The maximum atomic E-state index is 10.6. The average molecular weight is 238 g/mol. The van der Waals surface area contributed by atoms with Gasteiger partial charge in [-0.15, -0.1) is 4.52 Å². The van der Waals surface area contributed by atoms with Gasteiger partial charge in [0.25, 0.3) is 0 Å². The van der Waals surface area contributed by atoms with Gasteiger partial charge in [-0.25, -0.2) is 0 Å². The third kappa shape index (κ3) is 9.27. The van der Waals surface area contributed by atoms with Gasteiger partial charge in [-0.2, -0.15) is 0 Å². The molecule has 0 N–H and O–H groups in total. The van der Waals surface area contributed by atoms with Crippen LogP contribution in [0.15, 0.2) is 0 Å². The topological polar surface area (TPSA) is 102 Å². The van der Waals surface area contributed by atoms with Crippen LogP contribution in [0, 0.1) is 0 Å². The van der Waals surface area contributed by atoms with Gasteiger partial charge in [0.05, 0.1) is 0 Å². The Hall–Kier alpha value is -1.04. The lowest BCUT2D eigenvalue weighted by molar-refractivity contribution is -0.189. The van der Waals surface area contributed by atoms with Crippen molar-refractivity contribution in [1.29, 1.82) is 0 Å². The van der Waals surface area contributed by atoms with Gasteiger partial charge in [-0.3, -0.25) is 9.59 Å². The van der Waals surface area contributed by atoms with E-state index < -0.39 is 26.3 Å². The van der Waals surface area contributed by atoms with Crippen LogP contribution in [0.4, 0.5) is 0 Å². The number of esters is 2. The lowest BCUT2D eigenvalue weighted by Gasteiger charge is -2.13. The maximum Gasteiger partial charge on any atom is 0.488 e. The average Bonchev–Trinajstić information content (AvgIpc) is 2.08. The standard InChI is InChI=1S/C7H11O7P/c1-5(8)12-3-7(14-6(2)9)4-13-15(10)11/h7H,3-4H2,1-2H3. The number of carbonyl (C=O) groups is 2. The fraction of sp³-hybridized carbons (Fsp3) is 0.714. The van der Waals surface area contributed by atoms with E-state index in [9.17, 15) is 19.0 Å². The van der Waals surface area contributed by atoms with Crippen LogP contribution in [-0.2, 0) is 28.2 Å². The monoisotopic (exact) mass is 238 g/mol. The van der Waals surface area contributed by atoms with Gasteiger partial charge in [0.2, 0.25) is 0 Å². The lowest BCUT2D eigenvalue weighted by atomic mass is 10.4. The normalized spacial score (nSPS) is 12.9. The molecule has 0 heterocycles. The molecule has 0 aromatic carbocycles. The van der Waals surface area contributed by atoms with Crippen LogP contribution >= 0.6 is 8.25 Å². The first-order chi connectivity index (χ1) is 6.91. The van der Waals surface area contributed by atoms with Crippen molar-refractivity contribution in [2.75, 3.05) is 13.2 Å². The van der Waals surface area contributed by atoms with Crippen LogP contribution in [0.25, 0.3) is 0 Å². The molecule has 0 aromatic heterocycles. The highest BCUT2D eigenvalue weighted by molar-refractivity contribution is 7.30. The maximum absolute atomic E-state index is 10.6. The quantitative estimate of drug-likeness (QED) is 0.454. The largest absolute Gasteiger partial charge is 0.566 e. The van der Waals surface area contributed by atoms with Crippen molar-refractivity contribution in [3.05, 3.63) is 0 Å². The first-order valence-corrected chi connectivity index (χ1v) is 5.09. The molecule has 86 valence electrons. The molecule has 0 rings (SSSR count). The Kier molecular flexibility index (Phi) is 6.77. The molecule has 7 nitrogen and oxygen atoms in total. The Morgan fingerprint density at radius 3 is 2.27 bits per heavy atom. The summed E-state index contributed by atoms with van der Waals surface area (Å²) in [7, 11) is -3.02. The van der Waals surface area contributed by atoms with Crippen LogP contribution in [0.1, 0.15) is 13.8 Å². The van der Waals surface area contributed by atoms with Gasteiger partial charge in [0.15, 0.2) is 6.10 Å². The summed E-state index contributed by atoms with van der Waals surface area (Å²) in [5.74, 6) is -1.17. The molecule has 0 aliphatic carbocycles. The molecule has 0 fully saturated rings. The van der Waals surface area contributed by atoms with Gasteiger partial charge in [-0.05, 0) is 4.57 Å². The molecule has 0 saturated carbocycles. The molecule has 0 saturated heterocycles. The Labute approximate surface area is 87.3 Å². The van der Waals surface area contributed by atoms with Gasteiger partial charge in [0, 0.05) is 13.8 Å². The summed E-state index contributed by atoms with van der Waals surface area (Å²) in [5, 5.41) is 0. The first-order valence-electron chi connectivity index (χ1n) is 3.99. The molecule has 0 spiro atoms. The fourth-order valence-corrected chi connectivity index (χ4v) is 0.993. The van der Waals surface area contributed by atoms with Crippen LogP contribution in [0.5, 0.6) is 0 Å². The van der Waals surface area contributed by atoms with Crippen molar-refractivity contribution in [2.24, 2.45) is 0 Å². The van der Waals surface area contributed by atoms with E-state index in [2.05, 4.69) is 14.0 Å². The highest BCUT2D eigenvalue weighted by Gasteiger charge is 2.18. The SMILES string of the molecule is CC(=O)OCC(CO[P+](=O)[O-])OC(C)=O. The second kappa shape index (κ2) is 7.28. The second-order valence-corrected chi connectivity index (χ2v) is 3.26. The zero-order chi connectivity index (χ0) is 11.8. The number of carbonyl (C=O) groups excluding carboxylic acids is 2. The Morgan fingerprint density at radius 1 is 1.27 bits per heavy atom. The summed E-state index contributed by atoms with van der Waals surface area (Å²) in [5.41, 5.74) is 0. The minimum atomic E-state index is -3.02. The van der Waals surface area contributed by atoms with E-state index in [1.165, 1.54) is 6.92 Å². The number of hydrogen-bond donors (Lipinski definition) is 0. The molecule has 2 unspecified atom stereocenters. The highest BCUT2D eigenvalue weighted by atomic mass is 31.1. The summed E-state index contributed by atoms with van der Waals surface area (Å²) in [4.78, 5) is 31.1. The minimum Gasteiger partial charge on any atom is -0.566 e. The number of ether oxygens (including phenoxy) is 2. The van der Waals surface area contributed by atoms with E-state index in [0.29, 0.717) is 0 Å². The van der Waals surface area contributed by atoms with Crippen molar-refractivity contribution in [3.63, 3.8) is 0 Å². The van der Waals surface area contributed by atoms with E-state index in [1.54, 1.807) is 0 Å². The molecule has 0 aliphatic heterocycles. The second-order valence-electron chi connectivity index (χ2n) is 2.55. The van der Waals surface area contributed by atoms with E-state index in [1.807, 2.05) is 0 Å². The summed E-state index contributed by atoms with van der Waals surface area (Å²) in [6.07, 6.45) is -0.917. The molecule has 15 heavy (non-hydrogen) atoms. The zero-order valence-corrected chi connectivity index (χ0v) is 9.19. The molecule has 0 aromatic rings. The summed E-state index contributed by atoms with van der Waals surface area (Å²) >= 11 is 0. The van der Waals surface area contributed by atoms with E-state index in [0.717, 1.165) is 6.92 Å². The first kappa shape index (κ1) is 14.0. The number of hydrogen-bond acceptors (Lipinski definition) is 7. The molecule has 8 heteroatoms. The summed E-state index contributed by atoms with van der Waals surface area (Å²) in [6.45, 7) is 1.72. The minimum absolute atomic E-state index is 0.238. The molecular weight excluding hydrogens is 227 g/mol. The van der Waals surface area contributed by atoms with Gasteiger partial charge >= 0.3 is 20.2 Å². The van der Waals surface area contributed by atoms with Crippen LogP contribution < -0.4 is 4.89 Å². The number of rotatable bonds is 6. The Balaban J connectivity index is 3.99. The van der Waals surface area contributed by atoms with E-state index in [4.69, 9.17) is 0 Å². The predicted molar refractivity (Wildman–Crippen MR) is 45.7 cm³/mol.